The number of nitrogens with zero attached hydrogens (tertiary/aromatic N) is 4. The van der Waals surface area contributed by atoms with Crippen molar-refractivity contribution in [1.29, 1.82) is 0 Å². The zero-order valence-electron chi connectivity index (χ0n) is 12.2. The molecule has 0 aliphatic heterocycles. The zero-order chi connectivity index (χ0) is 15.7. The van der Waals surface area contributed by atoms with Crippen molar-refractivity contribution in [3.8, 4) is 16.9 Å². The Kier molecular flexibility index (Phi) is 3.42. The molecule has 0 aliphatic rings. The smallest absolute Gasteiger partial charge is 0.335 e. The third-order valence-electron chi connectivity index (χ3n) is 3.52. The van der Waals surface area contributed by atoms with Crippen LogP contribution < -0.4 is 0 Å². The molecule has 0 unspecified atom stereocenters. The average molecular weight is 294 g/mol. The number of hydrogen-bond donors (Lipinski definition) is 1. The highest BCUT2D eigenvalue weighted by Crippen LogP contribution is 2.25. The molecule has 0 atom stereocenters. The Morgan fingerprint density at radius 1 is 1.23 bits per heavy atom. The molecule has 0 radical (unpaired) electrons. The maximum atomic E-state index is 11.2. The largest absolute Gasteiger partial charge is 0.478 e. The van der Waals surface area contributed by atoms with Crippen LogP contribution in [-0.2, 0) is 0 Å². The molecule has 0 amide bonds. The topological polar surface area (TPSA) is 80.9 Å². The van der Waals surface area contributed by atoms with Gasteiger partial charge in [0.1, 0.15) is 0 Å². The van der Waals surface area contributed by atoms with E-state index in [1.54, 1.807) is 35.3 Å². The highest BCUT2D eigenvalue weighted by atomic mass is 16.4. The van der Waals surface area contributed by atoms with E-state index in [1.807, 2.05) is 26.0 Å². The SMILES string of the molecule is Cc1ccc(C(=O)O)cc1-n1nncc1-c1cccnc1C. The second-order valence-corrected chi connectivity index (χ2v) is 4.97. The first-order valence-corrected chi connectivity index (χ1v) is 6.75. The summed E-state index contributed by atoms with van der Waals surface area (Å²) in [6, 6.07) is 8.73. The molecule has 2 aromatic heterocycles. The van der Waals surface area contributed by atoms with Gasteiger partial charge in [-0.15, -0.1) is 5.10 Å². The number of aromatic nitrogens is 4. The van der Waals surface area contributed by atoms with Crippen LogP contribution in [0.3, 0.4) is 0 Å². The molecular formula is C16H14N4O2. The van der Waals surface area contributed by atoms with Gasteiger partial charge in [0.05, 0.1) is 23.1 Å². The van der Waals surface area contributed by atoms with E-state index in [9.17, 15) is 9.90 Å². The summed E-state index contributed by atoms with van der Waals surface area (Å²) in [6.07, 6.45) is 3.38. The number of carboxylic acid groups (broad SMARTS) is 1. The molecule has 0 saturated heterocycles. The van der Waals surface area contributed by atoms with Gasteiger partial charge >= 0.3 is 5.97 Å². The number of carboxylic acids is 1. The molecule has 3 aromatic rings. The summed E-state index contributed by atoms with van der Waals surface area (Å²) in [7, 11) is 0. The lowest BCUT2D eigenvalue weighted by Crippen LogP contribution is -2.05. The van der Waals surface area contributed by atoms with E-state index in [0.717, 1.165) is 22.5 Å². The lowest BCUT2D eigenvalue weighted by atomic mass is 10.1. The fourth-order valence-electron chi connectivity index (χ4n) is 2.32. The monoisotopic (exact) mass is 294 g/mol. The van der Waals surface area contributed by atoms with Gasteiger partial charge in [0.25, 0.3) is 0 Å². The van der Waals surface area contributed by atoms with E-state index in [4.69, 9.17) is 0 Å². The van der Waals surface area contributed by atoms with Crippen molar-refractivity contribution in [1.82, 2.24) is 20.0 Å². The Hall–Kier alpha value is -3.02. The first-order valence-electron chi connectivity index (χ1n) is 6.75. The minimum absolute atomic E-state index is 0.213. The van der Waals surface area contributed by atoms with Crippen molar-refractivity contribution in [2.45, 2.75) is 13.8 Å². The Morgan fingerprint density at radius 3 is 2.77 bits per heavy atom. The number of benzene rings is 1. The molecule has 6 heteroatoms. The molecule has 6 nitrogen and oxygen atoms in total. The summed E-state index contributed by atoms with van der Waals surface area (Å²) >= 11 is 0. The van der Waals surface area contributed by atoms with Crippen molar-refractivity contribution in [2.24, 2.45) is 0 Å². The number of aromatic carboxylic acids is 1. The highest BCUT2D eigenvalue weighted by molar-refractivity contribution is 5.88. The van der Waals surface area contributed by atoms with E-state index in [1.165, 1.54) is 0 Å². The van der Waals surface area contributed by atoms with Crippen molar-refractivity contribution in [3.05, 3.63) is 59.5 Å². The fourth-order valence-corrected chi connectivity index (χ4v) is 2.32. The quantitative estimate of drug-likeness (QED) is 0.803. The van der Waals surface area contributed by atoms with Crippen molar-refractivity contribution in [3.63, 3.8) is 0 Å². The molecule has 0 saturated carbocycles. The lowest BCUT2D eigenvalue weighted by Gasteiger charge is -2.11. The second-order valence-electron chi connectivity index (χ2n) is 4.97. The maximum absolute atomic E-state index is 11.2. The van der Waals surface area contributed by atoms with Crippen LogP contribution in [0.2, 0.25) is 0 Å². The highest BCUT2D eigenvalue weighted by Gasteiger charge is 2.14. The zero-order valence-corrected chi connectivity index (χ0v) is 12.2. The third kappa shape index (κ3) is 2.35. The van der Waals surface area contributed by atoms with E-state index in [2.05, 4.69) is 15.3 Å². The van der Waals surface area contributed by atoms with Gasteiger partial charge in [-0.1, -0.05) is 11.3 Å². The lowest BCUT2D eigenvalue weighted by molar-refractivity contribution is 0.0697. The van der Waals surface area contributed by atoms with Crippen LogP contribution in [0.25, 0.3) is 16.9 Å². The maximum Gasteiger partial charge on any atom is 0.335 e. The minimum Gasteiger partial charge on any atom is -0.478 e. The van der Waals surface area contributed by atoms with E-state index in [0.29, 0.717) is 5.69 Å². The van der Waals surface area contributed by atoms with Crippen LogP contribution in [-0.4, -0.2) is 31.1 Å². The molecule has 1 aromatic carbocycles. The predicted octanol–water partition coefficient (Wildman–Crippen LogP) is 2.64. The van der Waals surface area contributed by atoms with Crippen LogP contribution in [0.4, 0.5) is 0 Å². The fraction of sp³-hybridized carbons (Fsp3) is 0.125. The normalized spacial score (nSPS) is 10.6. The number of pyridine rings is 1. The van der Waals surface area contributed by atoms with Crippen LogP contribution >= 0.6 is 0 Å². The molecular weight excluding hydrogens is 280 g/mol. The summed E-state index contributed by atoms with van der Waals surface area (Å²) < 4.78 is 1.64. The molecule has 22 heavy (non-hydrogen) atoms. The van der Waals surface area contributed by atoms with E-state index < -0.39 is 5.97 Å². The summed E-state index contributed by atoms with van der Waals surface area (Å²) in [5.74, 6) is -0.972. The first-order chi connectivity index (χ1) is 10.6. The van der Waals surface area contributed by atoms with E-state index in [-0.39, 0.29) is 5.56 Å². The van der Waals surface area contributed by atoms with Crippen LogP contribution in [0.15, 0.2) is 42.7 Å². The van der Waals surface area contributed by atoms with Crippen molar-refractivity contribution >= 4 is 5.97 Å². The Bertz CT molecular complexity index is 855. The minimum atomic E-state index is -0.972. The molecule has 0 fully saturated rings. The van der Waals surface area contributed by atoms with Gasteiger partial charge in [0, 0.05) is 17.5 Å². The Labute approximate surface area is 127 Å². The predicted molar refractivity (Wildman–Crippen MR) is 81.0 cm³/mol. The average Bonchev–Trinajstić information content (AvgIpc) is 2.97. The van der Waals surface area contributed by atoms with Gasteiger partial charge in [0.2, 0.25) is 0 Å². The molecule has 0 bridgehead atoms. The number of aryl methyl sites for hydroxylation is 2. The third-order valence-corrected chi connectivity index (χ3v) is 3.52. The van der Waals surface area contributed by atoms with Crippen LogP contribution in [0.5, 0.6) is 0 Å². The molecule has 2 heterocycles. The standard InChI is InChI=1S/C16H14N4O2/c1-10-5-6-12(16(21)22)8-14(10)20-15(9-18-19-20)13-4-3-7-17-11(13)2/h3-9H,1-2H3,(H,21,22). The van der Waals surface area contributed by atoms with Crippen molar-refractivity contribution < 1.29 is 9.90 Å². The van der Waals surface area contributed by atoms with Crippen LogP contribution in [0.1, 0.15) is 21.6 Å². The Morgan fingerprint density at radius 2 is 2.05 bits per heavy atom. The van der Waals surface area contributed by atoms with Gasteiger partial charge in [-0.3, -0.25) is 4.98 Å². The summed E-state index contributed by atoms with van der Waals surface area (Å²) in [6.45, 7) is 3.82. The van der Waals surface area contributed by atoms with Gasteiger partial charge in [-0.05, 0) is 43.7 Å². The molecule has 0 aliphatic carbocycles. The van der Waals surface area contributed by atoms with Crippen LogP contribution in [0, 0.1) is 13.8 Å². The Balaban J connectivity index is 2.20. The number of carbonyl (C=O) groups is 1. The number of hydrogen-bond acceptors (Lipinski definition) is 4. The second kappa shape index (κ2) is 5.40. The molecule has 0 spiro atoms. The van der Waals surface area contributed by atoms with Gasteiger partial charge in [-0.2, -0.15) is 0 Å². The summed E-state index contributed by atoms with van der Waals surface area (Å²) in [4.78, 5) is 15.5. The van der Waals surface area contributed by atoms with Gasteiger partial charge < -0.3 is 5.11 Å². The number of rotatable bonds is 3. The summed E-state index contributed by atoms with van der Waals surface area (Å²) in [5.41, 5.74) is 4.36. The van der Waals surface area contributed by atoms with Gasteiger partial charge in [-0.25, -0.2) is 9.48 Å². The molecule has 1 N–H and O–H groups in total. The van der Waals surface area contributed by atoms with Gasteiger partial charge in [0.15, 0.2) is 0 Å². The molecule has 110 valence electrons. The first kappa shape index (κ1) is 13.9. The van der Waals surface area contributed by atoms with E-state index >= 15 is 0 Å². The molecule has 3 rings (SSSR count). The summed E-state index contributed by atoms with van der Waals surface area (Å²) in [5, 5.41) is 17.3. The van der Waals surface area contributed by atoms with Crippen molar-refractivity contribution in [2.75, 3.05) is 0 Å².